The van der Waals surface area contributed by atoms with Gasteiger partial charge in [-0.15, -0.1) is 0 Å². The molecule has 0 atom stereocenters. The van der Waals surface area contributed by atoms with Crippen LogP contribution in [0, 0.1) is 0 Å². The number of carbonyl (C=O) groups is 1. The summed E-state index contributed by atoms with van der Waals surface area (Å²) in [4.78, 5) is 34.3. The first kappa shape index (κ1) is 20.5. The summed E-state index contributed by atoms with van der Waals surface area (Å²) in [6.45, 7) is 3.84. The van der Waals surface area contributed by atoms with Crippen molar-refractivity contribution in [2.24, 2.45) is 0 Å². The zero-order valence-corrected chi connectivity index (χ0v) is 16.9. The number of pyridine rings is 1. The van der Waals surface area contributed by atoms with Crippen LogP contribution >= 0.6 is 11.6 Å². The Balaban J connectivity index is 1.99. The number of aromatic nitrogens is 3. The summed E-state index contributed by atoms with van der Waals surface area (Å²) in [5.74, 6) is -0.544. The van der Waals surface area contributed by atoms with Crippen molar-refractivity contribution in [2.75, 3.05) is 18.7 Å². The van der Waals surface area contributed by atoms with Gasteiger partial charge in [-0.05, 0) is 24.3 Å². The fraction of sp³-hybridized carbons (Fsp3) is 0.111. The van der Waals surface area contributed by atoms with E-state index in [9.17, 15) is 18.0 Å². The molecular weight excluding hydrogens is 420 g/mol. The largest absolute Gasteiger partial charge is 0.465 e. The highest BCUT2D eigenvalue weighted by molar-refractivity contribution is 7.90. The van der Waals surface area contributed by atoms with Gasteiger partial charge in [0.2, 0.25) is 15.0 Å². The topological polar surface area (TPSA) is 131 Å². The second kappa shape index (κ2) is 7.64. The Morgan fingerprint density at radius 1 is 1.31 bits per heavy atom. The molecule has 9 nitrogen and oxygen atoms in total. The molecule has 0 unspecified atom stereocenters. The number of nitrogens with zero attached hydrogens (tertiary/aromatic N) is 2. The van der Waals surface area contributed by atoms with Gasteiger partial charge in [0.1, 0.15) is 5.65 Å². The van der Waals surface area contributed by atoms with E-state index in [0.717, 1.165) is 6.26 Å². The molecule has 29 heavy (non-hydrogen) atoms. The number of hydrogen-bond acceptors (Lipinski definition) is 8. The van der Waals surface area contributed by atoms with E-state index in [0.29, 0.717) is 16.1 Å². The number of benzene rings is 1. The SMILES string of the molecule is C=C(Nc1cc(C(=O)OC)ccc1Cl)c1cc2cnc(S(C)(=O)=O)nc2[nH]c1=O. The standard InChI is InChI=1S/C18H15ClN4O5S/c1-9(21-14-7-10(17(25)28-2)4-5-13(14)19)12-6-11-8-20-18(29(3,26)27)23-15(11)22-16(12)24/h4-8,21H,1H2,2-3H3,(H,20,22,23,24). The zero-order valence-electron chi connectivity index (χ0n) is 15.3. The van der Waals surface area contributed by atoms with Crippen LogP contribution in [0.25, 0.3) is 16.7 Å². The summed E-state index contributed by atoms with van der Waals surface area (Å²) in [5, 5.41) is 3.21. The van der Waals surface area contributed by atoms with Crippen LogP contribution in [-0.2, 0) is 14.6 Å². The number of fused-ring (bicyclic) bond motifs is 1. The Hall–Kier alpha value is -3.24. The Morgan fingerprint density at radius 2 is 2.03 bits per heavy atom. The summed E-state index contributed by atoms with van der Waals surface area (Å²) < 4.78 is 27.8. The first-order valence-electron chi connectivity index (χ1n) is 8.04. The molecule has 0 saturated carbocycles. The molecule has 2 heterocycles. The second-order valence-corrected chi connectivity index (χ2v) is 8.35. The van der Waals surface area contributed by atoms with Crippen molar-refractivity contribution in [1.29, 1.82) is 0 Å². The zero-order chi connectivity index (χ0) is 21.3. The normalized spacial score (nSPS) is 11.3. The molecule has 1 aromatic carbocycles. The van der Waals surface area contributed by atoms with Gasteiger partial charge in [0.25, 0.3) is 5.56 Å². The molecule has 0 fully saturated rings. The van der Waals surface area contributed by atoms with Crippen LogP contribution < -0.4 is 10.9 Å². The molecule has 2 aromatic heterocycles. The number of hydrogen-bond donors (Lipinski definition) is 2. The van der Waals surface area contributed by atoms with Gasteiger partial charge >= 0.3 is 5.97 Å². The van der Waals surface area contributed by atoms with Crippen LogP contribution in [-0.4, -0.2) is 42.7 Å². The molecule has 0 saturated heterocycles. The van der Waals surface area contributed by atoms with Crippen molar-refractivity contribution in [3.63, 3.8) is 0 Å². The molecule has 0 aliphatic carbocycles. The molecule has 3 aromatic rings. The number of rotatable bonds is 5. The number of esters is 1. The fourth-order valence-corrected chi connectivity index (χ4v) is 3.14. The quantitative estimate of drug-likeness (QED) is 0.461. The summed E-state index contributed by atoms with van der Waals surface area (Å²) in [5.41, 5.74) is 0.502. The lowest BCUT2D eigenvalue weighted by Crippen LogP contribution is -2.16. The maximum Gasteiger partial charge on any atom is 0.337 e. The van der Waals surface area contributed by atoms with Crippen LogP contribution in [0.15, 0.2) is 47.0 Å². The number of H-pyrrole nitrogens is 1. The minimum absolute atomic E-state index is 0.0766. The Kier molecular flexibility index (Phi) is 5.40. The van der Waals surface area contributed by atoms with E-state index in [1.807, 2.05) is 0 Å². The van der Waals surface area contributed by atoms with Crippen molar-refractivity contribution in [2.45, 2.75) is 5.16 Å². The maximum absolute atomic E-state index is 12.5. The van der Waals surface area contributed by atoms with Gasteiger partial charge in [-0.3, -0.25) is 4.79 Å². The van der Waals surface area contributed by atoms with Gasteiger partial charge < -0.3 is 15.0 Å². The van der Waals surface area contributed by atoms with Crippen LogP contribution in [0.1, 0.15) is 15.9 Å². The Bertz CT molecular complexity index is 1320. The monoisotopic (exact) mass is 434 g/mol. The van der Waals surface area contributed by atoms with Gasteiger partial charge in [-0.2, -0.15) is 0 Å². The van der Waals surface area contributed by atoms with Crippen molar-refractivity contribution in [1.82, 2.24) is 15.0 Å². The summed E-state index contributed by atoms with van der Waals surface area (Å²) in [6, 6.07) is 5.94. The number of nitrogens with one attached hydrogen (secondary N) is 2. The minimum Gasteiger partial charge on any atom is -0.465 e. The molecule has 11 heteroatoms. The first-order valence-corrected chi connectivity index (χ1v) is 10.3. The fourth-order valence-electron chi connectivity index (χ4n) is 2.48. The highest BCUT2D eigenvalue weighted by Gasteiger charge is 2.15. The van der Waals surface area contributed by atoms with Crippen molar-refractivity contribution in [3.05, 3.63) is 63.5 Å². The molecular formula is C18H15ClN4O5S. The number of sulfone groups is 1. The summed E-state index contributed by atoms with van der Waals surface area (Å²) in [7, 11) is -2.36. The predicted octanol–water partition coefficient (Wildman–Crippen LogP) is 2.24. The van der Waals surface area contributed by atoms with Gasteiger partial charge in [-0.25, -0.2) is 23.2 Å². The maximum atomic E-state index is 12.5. The number of carbonyl (C=O) groups excluding carboxylic acids is 1. The predicted molar refractivity (Wildman–Crippen MR) is 109 cm³/mol. The minimum atomic E-state index is -3.62. The van der Waals surface area contributed by atoms with E-state index in [4.69, 9.17) is 11.6 Å². The average Bonchev–Trinajstić information content (AvgIpc) is 2.67. The van der Waals surface area contributed by atoms with Gasteiger partial charge in [0, 0.05) is 23.5 Å². The van der Waals surface area contributed by atoms with Gasteiger partial charge in [-0.1, -0.05) is 18.2 Å². The molecule has 0 amide bonds. The van der Waals surface area contributed by atoms with E-state index >= 15 is 0 Å². The average molecular weight is 435 g/mol. The number of anilines is 1. The highest BCUT2D eigenvalue weighted by Crippen LogP contribution is 2.26. The molecule has 150 valence electrons. The first-order chi connectivity index (χ1) is 13.6. The van der Waals surface area contributed by atoms with Gasteiger partial charge in [0.05, 0.1) is 28.9 Å². The number of halogens is 1. The van der Waals surface area contributed by atoms with E-state index in [-0.39, 0.29) is 22.5 Å². The van der Waals surface area contributed by atoms with E-state index in [1.54, 1.807) is 0 Å². The summed E-state index contributed by atoms with van der Waals surface area (Å²) >= 11 is 6.15. The third kappa shape index (κ3) is 4.28. The molecule has 0 spiro atoms. The highest BCUT2D eigenvalue weighted by atomic mass is 35.5. The van der Waals surface area contributed by atoms with Crippen LogP contribution in [0.4, 0.5) is 5.69 Å². The van der Waals surface area contributed by atoms with E-state index in [2.05, 4.69) is 31.6 Å². The van der Waals surface area contributed by atoms with E-state index in [1.165, 1.54) is 37.6 Å². The lowest BCUT2D eigenvalue weighted by Gasteiger charge is -2.12. The number of aromatic amines is 1. The third-order valence-corrected chi connectivity index (χ3v) is 5.09. The molecule has 0 bridgehead atoms. The molecule has 0 aliphatic rings. The third-order valence-electron chi connectivity index (χ3n) is 3.90. The molecule has 3 rings (SSSR count). The molecule has 2 N–H and O–H groups in total. The number of methoxy groups -OCH3 is 1. The Labute approximate surface area is 170 Å². The van der Waals surface area contributed by atoms with Gasteiger partial charge in [0.15, 0.2) is 0 Å². The molecule has 0 aliphatic heterocycles. The van der Waals surface area contributed by atoms with Crippen LogP contribution in [0.3, 0.4) is 0 Å². The Morgan fingerprint density at radius 3 is 2.69 bits per heavy atom. The smallest absolute Gasteiger partial charge is 0.337 e. The van der Waals surface area contributed by atoms with E-state index < -0.39 is 26.5 Å². The van der Waals surface area contributed by atoms with Crippen LogP contribution in [0.2, 0.25) is 5.02 Å². The van der Waals surface area contributed by atoms with Crippen LogP contribution in [0.5, 0.6) is 0 Å². The lowest BCUT2D eigenvalue weighted by molar-refractivity contribution is 0.0601. The second-order valence-electron chi connectivity index (χ2n) is 6.03. The number of ether oxygens (including phenoxy) is 1. The lowest BCUT2D eigenvalue weighted by atomic mass is 10.1. The van der Waals surface area contributed by atoms with Crippen molar-refractivity contribution in [3.8, 4) is 0 Å². The molecule has 0 radical (unpaired) electrons. The summed E-state index contributed by atoms with van der Waals surface area (Å²) in [6.07, 6.45) is 2.26. The van der Waals surface area contributed by atoms with Crippen molar-refractivity contribution < 1.29 is 17.9 Å². The van der Waals surface area contributed by atoms with Crippen molar-refractivity contribution >= 4 is 49.8 Å².